The van der Waals surface area contributed by atoms with Crippen molar-refractivity contribution in [3.8, 4) is 5.75 Å². The third-order valence-electron chi connectivity index (χ3n) is 3.28. The molecule has 1 heterocycles. The second-order valence-electron chi connectivity index (χ2n) is 5.33. The molecule has 0 aliphatic carbocycles. The Morgan fingerprint density at radius 2 is 1.96 bits per heavy atom. The van der Waals surface area contributed by atoms with Crippen LogP contribution >= 0.6 is 11.3 Å². The minimum Gasteiger partial charge on any atom is -0.494 e. The van der Waals surface area contributed by atoms with Gasteiger partial charge in [-0.1, -0.05) is 19.1 Å². The first-order chi connectivity index (χ1) is 12.0. The Kier molecular flexibility index (Phi) is 6.77. The van der Waals surface area contributed by atoms with Gasteiger partial charge in [-0.05, 0) is 43.2 Å². The van der Waals surface area contributed by atoms with Gasteiger partial charge in [0.15, 0.2) is 0 Å². The van der Waals surface area contributed by atoms with Crippen molar-refractivity contribution in [2.45, 2.75) is 20.3 Å². The number of ether oxygens (including phenoxy) is 2. The molecule has 1 aromatic carbocycles. The summed E-state index contributed by atoms with van der Waals surface area (Å²) in [6.07, 6.45) is 4.09. The predicted molar refractivity (Wildman–Crippen MR) is 100 cm³/mol. The molecule has 1 amide bonds. The van der Waals surface area contributed by atoms with Crippen LogP contribution in [0.15, 0.2) is 36.4 Å². The molecule has 25 heavy (non-hydrogen) atoms. The number of rotatable bonds is 7. The summed E-state index contributed by atoms with van der Waals surface area (Å²) in [6, 6.07) is 9.19. The second kappa shape index (κ2) is 9.03. The predicted octanol–water partition coefficient (Wildman–Crippen LogP) is 4.28. The van der Waals surface area contributed by atoms with Crippen molar-refractivity contribution in [2.24, 2.45) is 0 Å². The van der Waals surface area contributed by atoms with E-state index in [0.717, 1.165) is 22.6 Å². The first kappa shape index (κ1) is 18.7. The van der Waals surface area contributed by atoms with Crippen LogP contribution in [0, 0.1) is 6.92 Å². The molecule has 1 aromatic heterocycles. The Balaban J connectivity index is 2.00. The zero-order valence-corrected chi connectivity index (χ0v) is 15.3. The number of anilines is 1. The van der Waals surface area contributed by atoms with Crippen LogP contribution in [0.4, 0.5) is 5.00 Å². The third kappa shape index (κ3) is 5.46. The van der Waals surface area contributed by atoms with Crippen molar-refractivity contribution in [3.63, 3.8) is 0 Å². The van der Waals surface area contributed by atoms with Crippen molar-refractivity contribution < 1.29 is 19.1 Å². The summed E-state index contributed by atoms with van der Waals surface area (Å²) in [5.41, 5.74) is 1.25. The molecule has 0 fully saturated rings. The molecule has 0 aliphatic rings. The van der Waals surface area contributed by atoms with Crippen molar-refractivity contribution in [1.29, 1.82) is 0 Å². The summed E-state index contributed by atoms with van der Waals surface area (Å²) in [5.74, 6) is 0.0323. The Morgan fingerprint density at radius 1 is 1.24 bits per heavy atom. The number of carbonyl (C=O) groups is 2. The zero-order chi connectivity index (χ0) is 18.2. The lowest BCUT2D eigenvalue weighted by Crippen LogP contribution is -2.10. The molecule has 132 valence electrons. The SMILES string of the molecule is CCCOc1ccc(/C=C/C(=O)Nc2sc(C)cc2C(=O)OC)cc1. The van der Waals surface area contributed by atoms with Crippen LogP contribution < -0.4 is 10.1 Å². The van der Waals surface area contributed by atoms with E-state index in [-0.39, 0.29) is 5.91 Å². The fraction of sp³-hybridized carbons (Fsp3) is 0.263. The van der Waals surface area contributed by atoms with Gasteiger partial charge in [-0.25, -0.2) is 4.79 Å². The summed E-state index contributed by atoms with van der Waals surface area (Å²) in [7, 11) is 1.31. The van der Waals surface area contributed by atoms with Crippen LogP contribution in [-0.2, 0) is 9.53 Å². The fourth-order valence-electron chi connectivity index (χ4n) is 2.09. The van der Waals surface area contributed by atoms with E-state index in [9.17, 15) is 9.59 Å². The number of amides is 1. The van der Waals surface area contributed by atoms with Crippen LogP contribution in [0.2, 0.25) is 0 Å². The highest BCUT2D eigenvalue weighted by atomic mass is 32.1. The summed E-state index contributed by atoms with van der Waals surface area (Å²) < 4.78 is 10.2. The Labute approximate surface area is 151 Å². The molecule has 0 unspecified atom stereocenters. The first-order valence-corrected chi connectivity index (χ1v) is 8.75. The van der Waals surface area contributed by atoms with Gasteiger partial charge in [0.2, 0.25) is 5.91 Å². The van der Waals surface area contributed by atoms with E-state index in [1.807, 2.05) is 31.2 Å². The van der Waals surface area contributed by atoms with Gasteiger partial charge in [-0.3, -0.25) is 4.79 Å². The van der Waals surface area contributed by atoms with E-state index in [2.05, 4.69) is 12.2 Å². The number of carbonyl (C=O) groups excluding carboxylic acids is 2. The maximum absolute atomic E-state index is 12.1. The Morgan fingerprint density at radius 3 is 2.60 bits per heavy atom. The average molecular weight is 359 g/mol. The van der Waals surface area contributed by atoms with Crippen LogP contribution in [0.1, 0.15) is 34.1 Å². The molecule has 0 saturated carbocycles. The number of methoxy groups -OCH3 is 1. The highest BCUT2D eigenvalue weighted by Crippen LogP contribution is 2.28. The molecule has 2 rings (SSSR count). The van der Waals surface area contributed by atoms with Crippen LogP contribution in [0.25, 0.3) is 6.08 Å². The minimum atomic E-state index is -0.466. The first-order valence-electron chi connectivity index (χ1n) is 7.94. The van der Waals surface area contributed by atoms with Gasteiger partial charge in [-0.2, -0.15) is 0 Å². The average Bonchev–Trinajstić information content (AvgIpc) is 2.98. The fourth-order valence-corrected chi connectivity index (χ4v) is 2.99. The van der Waals surface area contributed by atoms with Gasteiger partial charge < -0.3 is 14.8 Å². The van der Waals surface area contributed by atoms with Gasteiger partial charge in [0.25, 0.3) is 0 Å². The summed E-state index contributed by atoms with van der Waals surface area (Å²) in [5, 5.41) is 3.21. The van der Waals surface area contributed by atoms with Gasteiger partial charge >= 0.3 is 5.97 Å². The molecule has 0 saturated heterocycles. The molecule has 0 bridgehead atoms. The number of aryl methyl sites for hydroxylation is 1. The van der Waals surface area contributed by atoms with Crippen LogP contribution in [0.5, 0.6) is 5.75 Å². The lowest BCUT2D eigenvalue weighted by molar-refractivity contribution is -0.111. The van der Waals surface area contributed by atoms with E-state index < -0.39 is 5.97 Å². The van der Waals surface area contributed by atoms with Crippen LogP contribution in [-0.4, -0.2) is 25.6 Å². The third-order valence-corrected chi connectivity index (χ3v) is 4.24. The monoisotopic (exact) mass is 359 g/mol. The lowest BCUT2D eigenvalue weighted by atomic mass is 10.2. The van der Waals surface area contributed by atoms with E-state index in [0.29, 0.717) is 17.2 Å². The molecule has 1 N–H and O–H groups in total. The van der Waals surface area contributed by atoms with Crippen molar-refractivity contribution in [3.05, 3.63) is 52.4 Å². The molecule has 0 spiro atoms. The van der Waals surface area contributed by atoms with Crippen molar-refractivity contribution in [1.82, 2.24) is 0 Å². The normalized spacial score (nSPS) is 10.7. The topological polar surface area (TPSA) is 64.6 Å². The van der Waals surface area contributed by atoms with Crippen LogP contribution in [0.3, 0.4) is 0 Å². The quantitative estimate of drug-likeness (QED) is 0.592. The summed E-state index contributed by atoms with van der Waals surface area (Å²) in [4.78, 5) is 24.7. The highest BCUT2D eigenvalue weighted by molar-refractivity contribution is 7.16. The standard InChI is InChI=1S/C19H21NO4S/c1-4-11-24-15-8-5-14(6-9-15)7-10-17(21)20-18-16(19(22)23-3)12-13(2)25-18/h5-10,12H,4,11H2,1-3H3,(H,20,21)/b10-7+. The molecular weight excluding hydrogens is 338 g/mol. The van der Waals surface area contributed by atoms with E-state index in [1.54, 1.807) is 12.1 Å². The molecule has 2 aromatic rings. The van der Waals surface area contributed by atoms with Gasteiger partial charge in [0.05, 0.1) is 19.3 Å². The summed E-state index contributed by atoms with van der Waals surface area (Å²) >= 11 is 1.33. The maximum Gasteiger partial charge on any atom is 0.340 e. The number of hydrogen-bond donors (Lipinski definition) is 1. The molecule has 0 atom stereocenters. The van der Waals surface area contributed by atoms with Gasteiger partial charge in [0.1, 0.15) is 10.8 Å². The summed E-state index contributed by atoms with van der Waals surface area (Å²) in [6.45, 7) is 4.60. The minimum absolute atomic E-state index is 0.307. The molecule has 0 radical (unpaired) electrons. The van der Waals surface area contributed by atoms with Crippen molar-refractivity contribution in [2.75, 3.05) is 19.0 Å². The maximum atomic E-state index is 12.1. The van der Waals surface area contributed by atoms with Gasteiger partial charge in [-0.15, -0.1) is 11.3 Å². The number of hydrogen-bond acceptors (Lipinski definition) is 5. The molecule has 0 aliphatic heterocycles. The van der Waals surface area contributed by atoms with Crippen molar-refractivity contribution >= 4 is 34.3 Å². The molecule has 6 heteroatoms. The number of nitrogens with one attached hydrogen (secondary N) is 1. The number of benzene rings is 1. The lowest BCUT2D eigenvalue weighted by Gasteiger charge is -2.04. The second-order valence-corrected chi connectivity index (χ2v) is 6.59. The number of esters is 1. The Bertz CT molecular complexity index is 762. The van der Waals surface area contributed by atoms with E-state index >= 15 is 0 Å². The number of thiophene rings is 1. The van der Waals surface area contributed by atoms with E-state index in [1.165, 1.54) is 24.5 Å². The van der Waals surface area contributed by atoms with E-state index in [4.69, 9.17) is 9.47 Å². The molecule has 5 nitrogen and oxygen atoms in total. The zero-order valence-electron chi connectivity index (χ0n) is 14.5. The highest BCUT2D eigenvalue weighted by Gasteiger charge is 2.16. The van der Waals surface area contributed by atoms with Gasteiger partial charge in [0, 0.05) is 11.0 Å². The smallest absolute Gasteiger partial charge is 0.340 e. The Hall–Kier alpha value is -2.60. The largest absolute Gasteiger partial charge is 0.494 e. The molecular formula is C19H21NO4S.